The Morgan fingerprint density at radius 3 is 2.52 bits per heavy atom. The summed E-state index contributed by atoms with van der Waals surface area (Å²) < 4.78 is 44.6. The lowest BCUT2D eigenvalue weighted by Gasteiger charge is -2.02. The molecule has 2 rings (SSSR count). The van der Waals surface area contributed by atoms with Crippen LogP contribution >= 0.6 is 0 Å². The molecule has 2 aromatic rings. The third-order valence-corrected chi connectivity index (χ3v) is 2.83. The van der Waals surface area contributed by atoms with Gasteiger partial charge in [-0.05, 0) is 36.4 Å². The minimum atomic E-state index is -1.04. The Morgan fingerprint density at radius 1 is 1.10 bits per heavy atom. The van der Waals surface area contributed by atoms with Crippen molar-refractivity contribution in [1.29, 1.82) is 0 Å². The van der Waals surface area contributed by atoms with Gasteiger partial charge in [0.05, 0.1) is 7.11 Å². The van der Waals surface area contributed by atoms with Crippen molar-refractivity contribution in [3.63, 3.8) is 0 Å². The van der Waals surface area contributed by atoms with Gasteiger partial charge in [0.25, 0.3) is 0 Å². The quantitative estimate of drug-likeness (QED) is 0.628. The van der Waals surface area contributed by atoms with E-state index in [1.807, 2.05) is 0 Å². The molecular weight excluding hydrogens is 281 g/mol. The summed E-state index contributed by atoms with van der Waals surface area (Å²) in [6.07, 6.45) is 2.20. The van der Waals surface area contributed by atoms with E-state index in [1.54, 1.807) is 0 Å². The third-order valence-electron chi connectivity index (χ3n) is 2.83. The van der Waals surface area contributed by atoms with Crippen LogP contribution in [0.5, 0.6) is 5.75 Å². The Balaban J connectivity index is 2.23. The Hall–Kier alpha value is -2.56. The van der Waals surface area contributed by atoms with Crippen molar-refractivity contribution in [2.75, 3.05) is 7.11 Å². The Kier molecular flexibility index (Phi) is 4.42. The smallest absolute Gasteiger partial charge is 0.185 e. The van der Waals surface area contributed by atoms with E-state index in [2.05, 4.69) is 0 Å². The van der Waals surface area contributed by atoms with Crippen LogP contribution in [0.4, 0.5) is 13.2 Å². The Bertz CT molecular complexity index is 709. The van der Waals surface area contributed by atoms with Gasteiger partial charge < -0.3 is 4.74 Å². The van der Waals surface area contributed by atoms with Crippen molar-refractivity contribution in [1.82, 2.24) is 0 Å². The summed E-state index contributed by atoms with van der Waals surface area (Å²) in [7, 11) is 1.31. The summed E-state index contributed by atoms with van der Waals surface area (Å²) in [4.78, 5) is 11.9. The second-order valence-electron chi connectivity index (χ2n) is 4.19. The largest absolute Gasteiger partial charge is 0.494 e. The lowest BCUT2D eigenvalue weighted by molar-refractivity contribution is 0.104. The summed E-state index contributed by atoms with van der Waals surface area (Å²) >= 11 is 0. The summed E-state index contributed by atoms with van der Waals surface area (Å²) in [5, 5.41) is 0. The normalized spacial score (nSPS) is 10.9. The first-order valence-electron chi connectivity index (χ1n) is 6.03. The topological polar surface area (TPSA) is 26.3 Å². The molecule has 21 heavy (non-hydrogen) atoms. The molecular formula is C16H11F3O2. The molecule has 0 saturated heterocycles. The van der Waals surface area contributed by atoms with E-state index in [9.17, 15) is 18.0 Å². The average molecular weight is 292 g/mol. The molecule has 0 atom stereocenters. The van der Waals surface area contributed by atoms with Gasteiger partial charge in [-0.25, -0.2) is 13.2 Å². The van der Waals surface area contributed by atoms with E-state index < -0.39 is 23.2 Å². The van der Waals surface area contributed by atoms with E-state index in [1.165, 1.54) is 31.4 Å². The second-order valence-corrected chi connectivity index (χ2v) is 4.19. The molecule has 0 aliphatic heterocycles. The number of carbonyl (C=O) groups is 1. The van der Waals surface area contributed by atoms with Crippen LogP contribution in [0.25, 0.3) is 6.08 Å². The molecule has 0 aliphatic carbocycles. The number of carbonyl (C=O) groups excluding carboxylic acids is 1. The molecule has 0 aromatic heterocycles. The fraction of sp³-hybridized carbons (Fsp3) is 0.0625. The first-order valence-corrected chi connectivity index (χ1v) is 6.03. The Morgan fingerprint density at radius 2 is 1.86 bits per heavy atom. The number of hydrogen-bond donors (Lipinski definition) is 0. The zero-order chi connectivity index (χ0) is 15.4. The summed E-state index contributed by atoms with van der Waals surface area (Å²) in [6.45, 7) is 0. The highest BCUT2D eigenvalue weighted by atomic mass is 19.2. The van der Waals surface area contributed by atoms with E-state index in [0.717, 1.165) is 24.3 Å². The van der Waals surface area contributed by atoms with Gasteiger partial charge in [-0.2, -0.15) is 0 Å². The number of benzene rings is 2. The van der Waals surface area contributed by atoms with E-state index in [-0.39, 0.29) is 16.9 Å². The molecule has 2 nitrogen and oxygen atoms in total. The lowest BCUT2D eigenvalue weighted by Crippen LogP contribution is -1.97. The fourth-order valence-corrected chi connectivity index (χ4v) is 1.73. The van der Waals surface area contributed by atoms with Gasteiger partial charge in [-0.3, -0.25) is 4.79 Å². The van der Waals surface area contributed by atoms with Gasteiger partial charge in [0, 0.05) is 11.1 Å². The maximum absolute atomic E-state index is 13.5. The lowest BCUT2D eigenvalue weighted by atomic mass is 10.1. The summed E-state index contributed by atoms with van der Waals surface area (Å²) in [5.74, 6) is -3.22. The zero-order valence-electron chi connectivity index (χ0n) is 11.1. The van der Waals surface area contributed by atoms with Crippen LogP contribution in [0.1, 0.15) is 15.9 Å². The van der Waals surface area contributed by atoms with Crippen molar-refractivity contribution in [2.24, 2.45) is 0 Å². The van der Waals surface area contributed by atoms with Crippen LogP contribution in [0, 0.1) is 17.5 Å². The molecule has 0 spiro atoms. The summed E-state index contributed by atoms with van der Waals surface area (Å²) in [6, 6.07) is 7.36. The summed E-state index contributed by atoms with van der Waals surface area (Å²) in [5.41, 5.74) is 0.0266. The molecule has 0 radical (unpaired) electrons. The van der Waals surface area contributed by atoms with Gasteiger partial charge in [0.1, 0.15) is 0 Å². The van der Waals surface area contributed by atoms with Crippen LogP contribution in [0.2, 0.25) is 0 Å². The molecule has 5 heteroatoms. The first kappa shape index (κ1) is 14.8. The van der Waals surface area contributed by atoms with Gasteiger partial charge in [-0.15, -0.1) is 0 Å². The van der Waals surface area contributed by atoms with Gasteiger partial charge in [0.15, 0.2) is 29.0 Å². The number of methoxy groups -OCH3 is 1. The molecule has 0 aliphatic rings. The van der Waals surface area contributed by atoms with Crippen LogP contribution in [-0.2, 0) is 0 Å². The number of hydrogen-bond acceptors (Lipinski definition) is 2. The average Bonchev–Trinajstić information content (AvgIpc) is 2.48. The maximum Gasteiger partial charge on any atom is 0.185 e. The predicted octanol–water partition coefficient (Wildman–Crippen LogP) is 4.01. The molecule has 0 N–H and O–H groups in total. The van der Waals surface area contributed by atoms with E-state index >= 15 is 0 Å². The standard InChI is InChI=1S/C16H11F3O2/c1-21-15-8-6-11(9-13(15)18)14(20)7-5-10-3-2-4-12(17)16(10)19/h2-9H,1H3/b7-5+. The van der Waals surface area contributed by atoms with Crippen molar-refractivity contribution in [3.05, 3.63) is 71.1 Å². The molecule has 2 aromatic carbocycles. The van der Waals surface area contributed by atoms with Crippen LogP contribution in [0.15, 0.2) is 42.5 Å². The monoisotopic (exact) mass is 292 g/mol. The van der Waals surface area contributed by atoms with Crippen molar-refractivity contribution in [2.45, 2.75) is 0 Å². The molecule has 0 saturated carbocycles. The van der Waals surface area contributed by atoms with Crippen LogP contribution < -0.4 is 4.74 Å². The molecule has 108 valence electrons. The van der Waals surface area contributed by atoms with E-state index in [0.29, 0.717) is 0 Å². The number of halogens is 3. The zero-order valence-corrected chi connectivity index (χ0v) is 11.1. The van der Waals surface area contributed by atoms with Crippen molar-refractivity contribution in [3.8, 4) is 5.75 Å². The van der Waals surface area contributed by atoms with Crippen LogP contribution in [0.3, 0.4) is 0 Å². The fourth-order valence-electron chi connectivity index (χ4n) is 1.73. The molecule has 0 unspecified atom stereocenters. The molecule has 0 amide bonds. The first-order chi connectivity index (χ1) is 10.0. The predicted molar refractivity (Wildman–Crippen MR) is 72.7 cm³/mol. The highest BCUT2D eigenvalue weighted by Gasteiger charge is 2.09. The van der Waals surface area contributed by atoms with Gasteiger partial charge >= 0.3 is 0 Å². The number of ketones is 1. The minimum absolute atomic E-state index is 0.0201. The highest BCUT2D eigenvalue weighted by molar-refractivity contribution is 6.06. The number of rotatable bonds is 4. The van der Waals surface area contributed by atoms with E-state index in [4.69, 9.17) is 4.74 Å². The second kappa shape index (κ2) is 6.26. The Labute approximate surface area is 119 Å². The minimum Gasteiger partial charge on any atom is -0.494 e. The van der Waals surface area contributed by atoms with Gasteiger partial charge in [-0.1, -0.05) is 12.1 Å². The highest BCUT2D eigenvalue weighted by Crippen LogP contribution is 2.19. The van der Waals surface area contributed by atoms with Crippen molar-refractivity contribution >= 4 is 11.9 Å². The van der Waals surface area contributed by atoms with Crippen LogP contribution in [-0.4, -0.2) is 12.9 Å². The number of ether oxygens (including phenoxy) is 1. The third kappa shape index (κ3) is 3.31. The van der Waals surface area contributed by atoms with Crippen molar-refractivity contribution < 1.29 is 22.7 Å². The number of allylic oxidation sites excluding steroid dienone is 1. The molecule has 0 bridgehead atoms. The SMILES string of the molecule is COc1ccc(C(=O)/C=C/c2cccc(F)c2F)cc1F. The van der Waals surface area contributed by atoms with Gasteiger partial charge in [0.2, 0.25) is 0 Å². The maximum atomic E-state index is 13.5. The molecule has 0 fully saturated rings. The molecule has 0 heterocycles.